The molecule has 0 saturated carbocycles. The van der Waals surface area contributed by atoms with Gasteiger partial charge in [-0.3, -0.25) is 0 Å². The number of guanidine groups is 1. The van der Waals surface area contributed by atoms with Crippen molar-refractivity contribution in [2.45, 2.75) is 19.9 Å². The third-order valence-electron chi connectivity index (χ3n) is 4.05. The lowest BCUT2D eigenvalue weighted by Gasteiger charge is -2.12. The Balaban J connectivity index is 0.00000420. The quantitative estimate of drug-likeness (QED) is 0.244. The van der Waals surface area contributed by atoms with Crippen LogP contribution in [0.3, 0.4) is 0 Å². The molecule has 0 bridgehead atoms. The molecule has 2 aromatic carbocycles. The highest BCUT2D eigenvalue weighted by atomic mass is 127. The summed E-state index contributed by atoms with van der Waals surface area (Å²) in [6, 6.07) is 11.8. The van der Waals surface area contributed by atoms with Crippen LogP contribution in [-0.4, -0.2) is 39.2 Å². The van der Waals surface area contributed by atoms with Gasteiger partial charge in [0, 0.05) is 13.1 Å². The van der Waals surface area contributed by atoms with Crippen molar-refractivity contribution in [3.05, 3.63) is 65.0 Å². The van der Waals surface area contributed by atoms with E-state index in [4.69, 9.17) is 9.47 Å². The van der Waals surface area contributed by atoms with E-state index < -0.39 is 5.97 Å². The second-order valence-corrected chi connectivity index (χ2v) is 6.02. The molecule has 0 aliphatic rings. The molecule has 158 valence electrons. The topological polar surface area (TPSA) is 72.0 Å². The maximum atomic E-state index is 13.0. The summed E-state index contributed by atoms with van der Waals surface area (Å²) in [5.74, 6) is 0.438. The van der Waals surface area contributed by atoms with E-state index in [1.807, 2.05) is 13.0 Å². The number of halogens is 2. The molecular formula is C21H27FIN3O3. The standard InChI is InChI=1S/C21H26FN3O3.HI/c1-4-23-21(24-12-11-15-5-8-17(22)9-6-15)25-14-16-7-10-19(27-2)18(13-16)20(26)28-3;/h5-10,13H,4,11-12,14H2,1-3H3,(H2,23,24,25);1H. The number of ether oxygens (including phenoxy) is 2. The zero-order chi connectivity index (χ0) is 20.4. The minimum Gasteiger partial charge on any atom is -0.496 e. The third kappa shape index (κ3) is 7.88. The first-order chi connectivity index (χ1) is 13.6. The second kappa shape index (κ2) is 13.0. The highest BCUT2D eigenvalue weighted by Gasteiger charge is 2.13. The molecule has 0 fully saturated rings. The minimum atomic E-state index is -0.452. The van der Waals surface area contributed by atoms with Gasteiger partial charge in [-0.05, 0) is 48.7 Å². The van der Waals surface area contributed by atoms with Gasteiger partial charge in [0.05, 0.1) is 20.8 Å². The number of rotatable bonds is 8. The number of nitrogens with zero attached hydrogens (tertiary/aromatic N) is 1. The monoisotopic (exact) mass is 515 g/mol. The van der Waals surface area contributed by atoms with Crippen LogP contribution in [0.2, 0.25) is 0 Å². The van der Waals surface area contributed by atoms with Crippen molar-refractivity contribution in [1.29, 1.82) is 0 Å². The first-order valence-corrected chi connectivity index (χ1v) is 9.09. The van der Waals surface area contributed by atoms with Crippen LogP contribution >= 0.6 is 24.0 Å². The second-order valence-electron chi connectivity index (χ2n) is 6.02. The molecule has 29 heavy (non-hydrogen) atoms. The van der Waals surface area contributed by atoms with Crippen molar-refractivity contribution in [3.8, 4) is 5.75 Å². The minimum absolute atomic E-state index is 0. The van der Waals surface area contributed by atoms with Gasteiger partial charge in [-0.25, -0.2) is 14.2 Å². The van der Waals surface area contributed by atoms with Crippen molar-refractivity contribution in [1.82, 2.24) is 10.6 Å². The Labute approximate surface area is 187 Å². The summed E-state index contributed by atoms with van der Waals surface area (Å²) in [6.07, 6.45) is 0.750. The van der Waals surface area contributed by atoms with Crippen molar-refractivity contribution >= 4 is 35.9 Å². The number of carbonyl (C=O) groups excluding carboxylic acids is 1. The zero-order valence-electron chi connectivity index (χ0n) is 16.8. The predicted molar refractivity (Wildman–Crippen MR) is 123 cm³/mol. The van der Waals surface area contributed by atoms with E-state index in [1.165, 1.54) is 26.4 Å². The van der Waals surface area contributed by atoms with E-state index in [0.717, 1.165) is 24.1 Å². The van der Waals surface area contributed by atoms with Gasteiger partial charge in [0.25, 0.3) is 0 Å². The summed E-state index contributed by atoms with van der Waals surface area (Å²) in [4.78, 5) is 16.4. The van der Waals surface area contributed by atoms with E-state index in [9.17, 15) is 9.18 Å². The molecule has 2 aromatic rings. The molecule has 0 aliphatic heterocycles. The summed E-state index contributed by atoms with van der Waals surface area (Å²) in [7, 11) is 2.84. The van der Waals surface area contributed by atoms with Gasteiger partial charge >= 0.3 is 5.97 Å². The summed E-state index contributed by atoms with van der Waals surface area (Å²) >= 11 is 0. The molecular weight excluding hydrogens is 488 g/mol. The van der Waals surface area contributed by atoms with Crippen molar-refractivity contribution in [2.24, 2.45) is 4.99 Å². The number of hydrogen-bond acceptors (Lipinski definition) is 4. The van der Waals surface area contributed by atoms with Gasteiger partial charge in [0.15, 0.2) is 5.96 Å². The number of methoxy groups -OCH3 is 2. The molecule has 0 atom stereocenters. The first kappa shape index (κ1) is 24.7. The maximum Gasteiger partial charge on any atom is 0.341 e. The van der Waals surface area contributed by atoms with Crippen LogP contribution in [0.25, 0.3) is 0 Å². The Morgan fingerprint density at radius 1 is 1.07 bits per heavy atom. The van der Waals surface area contributed by atoms with E-state index in [-0.39, 0.29) is 29.8 Å². The van der Waals surface area contributed by atoms with Gasteiger partial charge in [-0.2, -0.15) is 0 Å². The molecule has 0 unspecified atom stereocenters. The van der Waals surface area contributed by atoms with Crippen LogP contribution < -0.4 is 15.4 Å². The Bertz CT molecular complexity index is 813. The summed E-state index contributed by atoms with van der Waals surface area (Å²) in [5.41, 5.74) is 2.27. The lowest BCUT2D eigenvalue weighted by atomic mass is 10.1. The van der Waals surface area contributed by atoms with Crippen LogP contribution in [0.4, 0.5) is 4.39 Å². The Morgan fingerprint density at radius 2 is 1.76 bits per heavy atom. The van der Waals surface area contributed by atoms with E-state index in [1.54, 1.807) is 24.3 Å². The number of esters is 1. The molecule has 0 heterocycles. The van der Waals surface area contributed by atoms with Crippen LogP contribution in [0.5, 0.6) is 5.75 Å². The largest absolute Gasteiger partial charge is 0.496 e. The predicted octanol–water partition coefficient (Wildman–Crippen LogP) is 3.54. The summed E-state index contributed by atoms with van der Waals surface area (Å²) in [5, 5.41) is 6.44. The lowest BCUT2D eigenvalue weighted by molar-refractivity contribution is 0.0597. The highest BCUT2D eigenvalue weighted by Crippen LogP contribution is 2.21. The van der Waals surface area contributed by atoms with Crippen molar-refractivity contribution < 1.29 is 18.7 Å². The molecule has 0 amide bonds. The molecule has 0 aromatic heterocycles. The van der Waals surface area contributed by atoms with Crippen LogP contribution in [0.1, 0.15) is 28.4 Å². The van der Waals surface area contributed by atoms with Crippen LogP contribution in [0, 0.1) is 5.82 Å². The zero-order valence-corrected chi connectivity index (χ0v) is 19.2. The van der Waals surface area contributed by atoms with Crippen molar-refractivity contribution in [2.75, 3.05) is 27.3 Å². The Hall–Kier alpha value is -2.36. The number of benzene rings is 2. The molecule has 0 radical (unpaired) electrons. The van der Waals surface area contributed by atoms with Gasteiger partial charge in [-0.15, -0.1) is 24.0 Å². The van der Waals surface area contributed by atoms with Gasteiger partial charge in [0.2, 0.25) is 0 Å². The van der Waals surface area contributed by atoms with E-state index in [2.05, 4.69) is 15.6 Å². The molecule has 6 nitrogen and oxygen atoms in total. The maximum absolute atomic E-state index is 13.0. The summed E-state index contributed by atoms with van der Waals surface area (Å²) < 4.78 is 23.0. The van der Waals surface area contributed by atoms with Crippen LogP contribution in [-0.2, 0) is 17.7 Å². The number of nitrogens with one attached hydrogen (secondary N) is 2. The number of aliphatic imine (C=N–C) groups is 1. The lowest BCUT2D eigenvalue weighted by Crippen LogP contribution is -2.38. The smallest absolute Gasteiger partial charge is 0.341 e. The van der Waals surface area contributed by atoms with E-state index in [0.29, 0.717) is 30.4 Å². The number of carbonyl (C=O) groups is 1. The molecule has 2 rings (SSSR count). The average molecular weight is 515 g/mol. The molecule has 2 N–H and O–H groups in total. The molecule has 0 saturated heterocycles. The Kier molecular flexibility index (Phi) is 11.0. The van der Waals surface area contributed by atoms with Crippen molar-refractivity contribution in [3.63, 3.8) is 0 Å². The van der Waals surface area contributed by atoms with Gasteiger partial charge in [0.1, 0.15) is 17.1 Å². The number of hydrogen-bond donors (Lipinski definition) is 2. The van der Waals surface area contributed by atoms with Gasteiger partial charge in [-0.1, -0.05) is 18.2 Å². The van der Waals surface area contributed by atoms with Crippen LogP contribution in [0.15, 0.2) is 47.5 Å². The SMILES string of the molecule is CCNC(=NCc1ccc(OC)c(C(=O)OC)c1)NCCc1ccc(F)cc1.I. The normalized spacial score (nSPS) is 10.7. The van der Waals surface area contributed by atoms with E-state index >= 15 is 0 Å². The first-order valence-electron chi connectivity index (χ1n) is 9.09. The highest BCUT2D eigenvalue weighted by molar-refractivity contribution is 14.0. The molecule has 0 spiro atoms. The van der Waals surface area contributed by atoms with Gasteiger partial charge < -0.3 is 20.1 Å². The third-order valence-corrected chi connectivity index (χ3v) is 4.05. The molecule has 0 aliphatic carbocycles. The fraction of sp³-hybridized carbons (Fsp3) is 0.333. The molecule has 8 heteroatoms. The fourth-order valence-electron chi connectivity index (χ4n) is 2.61. The average Bonchev–Trinajstić information content (AvgIpc) is 2.72. The fourth-order valence-corrected chi connectivity index (χ4v) is 2.61. The summed E-state index contributed by atoms with van der Waals surface area (Å²) in [6.45, 7) is 3.76. The Morgan fingerprint density at radius 3 is 2.38 bits per heavy atom.